The molecule has 1 fully saturated rings. The van der Waals surface area contributed by atoms with Crippen molar-refractivity contribution in [3.8, 4) is 0 Å². The second kappa shape index (κ2) is 6.57. The lowest BCUT2D eigenvalue weighted by Gasteiger charge is -2.39. The van der Waals surface area contributed by atoms with Crippen molar-refractivity contribution in [3.63, 3.8) is 0 Å². The number of rotatable bonds is 1. The van der Waals surface area contributed by atoms with Crippen LogP contribution in [0.15, 0.2) is 18.2 Å². The Bertz CT molecular complexity index is 608. The van der Waals surface area contributed by atoms with Gasteiger partial charge in [-0.15, -0.1) is 0 Å². The van der Waals surface area contributed by atoms with E-state index >= 15 is 0 Å². The second-order valence-corrected chi connectivity index (χ2v) is 7.52. The number of hydrogen-bond acceptors (Lipinski definition) is 3. The van der Waals surface area contributed by atoms with E-state index in [2.05, 4.69) is 5.32 Å². The molecule has 126 valence electrons. The van der Waals surface area contributed by atoms with Gasteiger partial charge in [-0.05, 0) is 51.5 Å². The lowest BCUT2D eigenvalue weighted by atomic mass is 10.0. The second-order valence-electron chi connectivity index (χ2n) is 6.65. The summed E-state index contributed by atoms with van der Waals surface area (Å²) in [5, 5.41) is 3.65. The van der Waals surface area contributed by atoms with Gasteiger partial charge in [-0.25, -0.2) is 4.79 Å². The number of nitrogens with one attached hydrogen (secondary N) is 1. The summed E-state index contributed by atoms with van der Waals surface area (Å²) < 4.78 is 5.43. The molecule has 1 aromatic rings. The summed E-state index contributed by atoms with van der Waals surface area (Å²) >= 11 is 12.1. The molecule has 2 amide bonds. The average Bonchev–Trinajstić information content (AvgIpc) is 2.34. The molecule has 1 saturated heterocycles. The lowest BCUT2D eigenvalue weighted by molar-refractivity contribution is -0.130. The average molecular weight is 359 g/mol. The van der Waals surface area contributed by atoms with E-state index in [1.165, 1.54) is 4.90 Å². The quantitative estimate of drug-likeness (QED) is 0.830. The Kier molecular flexibility index (Phi) is 5.11. The van der Waals surface area contributed by atoms with Gasteiger partial charge in [-0.3, -0.25) is 9.69 Å². The molecule has 1 unspecified atom stereocenters. The fraction of sp³-hybridized carbons (Fsp3) is 0.500. The van der Waals surface area contributed by atoms with Crippen LogP contribution in [0.3, 0.4) is 0 Å². The first-order valence-electron chi connectivity index (χ1n) is 7.33. The van der Waals surface area contributed by atoms with Crippen LogP contribution >= 0.6 is 23.2 Å². The van der Waals surface area contributed by atoms with Crippen molar-refractivity contribution in [2.75, 3.05) is 6.54 Å². The Morgan fingerprint density at radius 3 is 2.35 bits per heavy atom. The number of benzene rings is 1. The van der Waals surface area contributed by atoms with Crippen LogP contribution < -0.4 is 5.32 Å². The first kappa shape index (κ1) is 17.9. The molecule has 1 heterocycles. The van der Waals surface area contributed by atoms with E-state index in [1.807, 2.05) is 6.92 Å². The molecule has 0 radical (unpaired) electrons. The van der Waals surface area contributed by atoms with Crippen molar-refractivity contribution in [3.05, 3.63) is 33.8 Å². The van der Waals surface area contributed by atoms with Crippen molar-refractivity contribution in [2.24, 2.45) is 0 Å². The number of amides is 2. The third kappa shape index (κ3) is 4.52. The van der Waals surface area contributed by atoms with Crippen LogP contribution in [-0.2, 0) is 9.53 Å². The van der Waals surface area contributed by atoms with Crippen LogP contribution in [0.1, 0.15) is 39.3 Å². The Balaban J connectivity index is 2.39. The molecule has 0 aromatic heterocycles. The SMILES string of the molecule is C[C@@H]1CN(C(=O)OC(C)(C)C)C(c2cc(Cl)cc(Cl)c2)C(=O)N1. The van der Waals surface area contributed by atoms with E-state index in [0.717, 1.165) is 0 Å². The smallest absolute Gasteiger partial charge is 0.411 e. The maximum Gasteiger partial charge on any atom is 0.411 e. The van der Waals surface area contributed by atoms with Crippen LogP contribution in [0.2, 0.25) is 10.0 Å². The Hall–Kier alpha value is -1.46. The number of piperazine rings is 1. The number of ether oxygens (including phenoxy) is 1. The zero-order chi connectivity index (χ0) is 17.4. The number of hydrogen-bond donors (Lipinski definition) is 1. The van der Waals surface area contributed by atoms with Gasteiger partial charge in [0.2, 0.25) is 5.91 Å². The summed E-state index contributed by atoms with van der Waals surface area (Å²) in [6.45, 7) is 7.52. The monoisotopic (exact) mass is 358 g/mol. The van der Waals surface area contributed by atoms with Crippen molar-refractivity contribution < 1.29 is 14.3 Å². The summed E-state index contributed by atoms with van der Waals surface area (Å²) in [4.78, 5) is 26.4. The maximum atomic E-state index is 12.5. The molecule has 2 rings (SSSR count). The highest BCUT2D eigenvalue weighted by Crippen LogP contribution is 2.30. The third-order valence-electron chi connectivity index (χ3n) is 3.25. The van der Waals surface area contributed by atoms with Crippen LogP contribution in [0, 0.1) is 0 Å². The molecule has 0 bridgehead atoms. The molecule has 5 nitrogen and oxygen atoms in total. The van der Waals surface area contributed by atoms with E-state index in [9.17, 15) is 9.59 Å². The summed E-state index contributed by atoms with van der Waals surface area (Å²) in [6, 6.07) is 3.85. The largest absolute Gasteiger partial charge is 0.444 e. The van der Waals surface area contributed by atoms with Gasteiger partial charge in [-0.2, -0.15) is 0 Å². The lowest BCUT2D eigenvalue weighted by Crippen LogP contribution is -2.57. The molecule has 0 saturated carbocycles. The highest BCUT2D eigenvalue weighted by Gasteiger charge is 2.39. The predicted octanol–water partition coefficient (Wildman–Crippen LogP) is 3.79. The minimum atomic E-state index is -0.822. The number of carbonyl (C=O) groups is 2. The molecule has 1 aromatic carbocycles. The van der Waals surface area contributed by atoms with Crippen molar-refractivity contribution in [1.29, 1.82) is 0 Å². The summed E-state index contributed by atoms with van der Waals surface area (Å²) in [5.41, 5.74) is -0.0946. The minimum absolute atomic E-state index is 0.166. The van der Waals surface area contributed by atoms with Crippen LogP contribution in [0.25, 0.3) is 0 Å². The Morgan fingerprint density at radius 2 is 1.83 bits per heavy atom. The van der Waals surface area contributed by atoms with Crippen molar-refractivity contribution in [2.45, 2.75) is 45.4 Å². The fourth-order valence-electron chi connectivity index (χ4n) is 2.47. The summed E-state index contributed by atoms with van der Waals surface area (Å²) in [6.07, 6.45) is -0.541. The fourth-order valence-corrected chi connectivity index (χ4v) is 3.02. The van der Waals surface area contributed by atoms with Crippen LogP contribution in [-0.4, -0.2) is 35.1 Å². The van der Waals surface area contributed by atoms with E-state index in [1.54, 1.807) is 39.0 Å². The van der Waals surface area contributed by atoms with Gasteiger partial charge in [0.1, 0.15) is 11.6 Å². The highest BCUT2D eigenvalue weighted by atomic mass is 35.5. The van der Waals surface area contributed by atoms with Gasteiger partial charge in [0.15, 0.2) is 0 Å². The van der Waals surface area contributed by atoms with Crippen LogP contribution in [0.5, 0.6) is 0 Å². The zero-order valence-electron chi connectivity index (χ0n) is 13.5. The number of carbonyl (C=O) groups excluding carboxylic acids is 2. The first-order chi connectivity index (χ1) is 10.6. The normalized spacial score (nSPS) is 21.8. The summed E-state index contributed by atoms with van der Waals surface area (Å²) in [5.74, 6) is -0.284. The molecular formula is C16H20Cl2N2O3. The van der Waals surface area contributed by atoms with E-state index in [-0.39, 0.29) is 11.9 Å². The van der Waals surface area contributed by atoms with Gasteiger partial charge in [0, 0.05) is 22.6 Å². The molecule has 1 N–H and O–H groups in total. The van der Waals surface area contributed by atoms with Crippen molar-refractivity contribution >= 4 is 35.2 Å². The van der Waals surface area contributed by atoms with E-state index < -0.39 is 17.7 Å². The van der Waals surface area contributed by atoms with Crippen molar-refractivity contribution in [1.82, 2.24) is 10.2 Å². The van der Waals surface area contributed by atoms with Gasteiger partial charge in [-0.1, -0.05) is 23.2 Å². The molecule has 2 atom stereocenters. The number of halogens is 2. The minimum Gasteiger partial charge on any atom is -0.444 e. The summed E-state index contributed by atoms with van der Waals surface area (Å²) in [7, 11) is 0. The van der Waals surface area contributed by atoms with Gasteiger partial charge >= 0.3 is 6.09 Å². The predicted molar refractivity (Wildman–Crippen MR) is 89.7 cm³/mol. The van der Waals surface area contributed by atoms with Crippen LogP contribution in [0.4, 0.5) is 4.79 Å². The maximum absolute atomic E-state index is 12.5. The number of nitrogens with zero attached hydrogens (tertiary/aromatic N) is 1. The molecular weight excluding hydrogens is 339 g/mol. The Labute approximate surface area is 145 Å². The molecule has 1 aliphatic rings. The van der Waals surface area contributed by atoms with Gasteiger partial charge < -0.3 is 10.1 Å². The molecule has 0 aliphatic carbocycles. The highest BCUT2D eigenvalue weighted by molar-refractivity contribution is 6.34. The molecule has 7 heteroatoms. The van der Waals surface area contributed by atoms with E-state index in [0.29, 0.717) is 22.2 Å². The van der Waals surface area contributed by atoms with Gasteiger partial charge in [0.25, 0.3) is 0 Å². The molecule has 0 spiro atoms. The Morgan fingerprint density at radius 1 is 1.26 bits per heavy atom. The third-order valence-corrected chi connectivity index (χ3v) is 3.68. The first-order valence-corrected chi connectivity index (χ1v) is 8.08. The molecule has 23 heavy (non-hydrogen) atoms. The standard InChI is InChI=1S/C16H20Cl2N2O3/c1-9-8-20(15(22)23-16(2,3)4)13(14(21)19-9)10-5-11(17)7-12(18)6-10/h5-7,9,13H,8H2,1-4H3,(H,19,21)/t9-,13?/m1/s1. The topological polar surface area (TPSA) is 58.6 Å². The molecule has 1 aliphatic heterocycles. The zero-order valence-corrected chi connectivity index (χ0v) is 15.0. The van der Waals surface area contributed by atoms with Gasteiger partial charge in [0.05, 0.1) is 0 Å². The van der Waals surface area contributed by atoms with E-state index in [4.69, 9.17) is 27.9 Å².